The minimum absolute atomic E-state index is 0.221. The van der Waals surface area contributed by atoms with Crippen LogP contribution in [0.5, 0.6) is 5.75 Å². The lowest BCUT2D eigenvalue weighted by atomic mass is 9.95. The van der Waals surface area contributed by atoms with Gasteiger partial charge in [-0.3, -0.25) is 4.79 Å². The maximum absolute atomic E-state index is 13.1. The summed E-state index contributed by atoms with van der Waals surface area (Å²) in [6, 6.07) is 24.3. The number of anilines is 1. The highest BCUT2D eigenvalue weighted by molar-refractivity contribution is 7.80. The molecular weight excluding hydrogens is 442 g/mol. The number of carbonyl (C=O) groups is 1. The fourth-order valence-electron chi connectivity index (χ4n) is 3.47. The molecule has 0 spiro atoms. The Labute approximate surface area is 197 Å². The van der Waals surface area contributed by atoms with Crippen molar-refractivity contribution in [1.82, 2.24) is 10.6 Å². The van der Waals surface area contributed by atoms with Crippen molar-refractivity contribution in [3.63, 3.8) is 0 Å². The second kappa shape index (κ2) is 9.85. The minimum Gasteiger partial charge on any atom is -0.489 e. The van der Waals surface area contributed by atoms with Gasteiger partial charge in [-0.05, 0) is 66.7 Å². The van der Waals surface area contributed by atoms with E-state index in [2.05, 4.69) is 16.0 Å². The SMILES string of the molecule is CC1=C(C(=O)Nc2ccc(Cl)cc2)[C@H](c2ccc(OCc3ccccc3)cc2)NC(=S)N1. The molecule has 1 atom stereocenters. The number of nitrogens with one attached hydrogen (secondary N) is 3. The molecule has 1 amide bonds. The molecule has 4 rings (SSSR count). The number of hydrogen-bond donors (Lipinski definition) is 3. The first-order chi connectivity index (χ1) is 15.5. The third-order valence-electron chi connectivity index (χ3n) is 5.08. The van der Waals surface area contributed by atoms with Gasteiger partial charge in [0.1, 0.15) is 12.4 Å². The van der Waals surface area contributed by atoms with Crippen LogP contribution in [0.3, 0.4) is 0 Å². The Morgan fingerprint density at radius 3 is 2.41 bits per heavy atom. The number of halogens is 1. The van der Waals surface area contributed by atoms with Gasteiger partial charge in [-0.25, -0.2) is 0 Å². The highest BCUT2D eigenvalue weighted by Gasteiger charge is 2.30. The fraction of sp³-hybridized carbons (Fsp3) is 0.120. The van der Waals surface area contributed by atoms with Crippen LogP contribution in [0, 0.1) is 0 Å². The molecule has 32 heavy (non-hydrogen) atoms. The van der Waals surface area contributed by atoms with Crippen LogP contribution in [0.4, 0.5) is 5.69 Å². The first kappa shape index (κ1) is 21.9. The molecule has 1 heterocycles. The molecule has 1 aliphatic heterocycles. The van der Waals surface area contributed by atoms with Crippen molar-refractivity contribution in [1.29, 1.82) is 0 Å². The number of carbonyl (C=O) groups excluding carboxylic acids is 1. The van der Waals surface area contributed by atoms with Crippen LogP contribution in [0.25, 0.3) is 0 Å². The van der Waals surface area contributed by atoms with E-state index in [1.54, 1.807) is 24.3 Å². The summed E-state index contributed by atoms with van der Waals surface area (Å²) in [6.45, 7) is 2.33. The Bertz CT molecular complexity index is 1150. The second-order valence-corrected chi connectivity index (χ2v) is 8.22. The third kappa shape index (κ3) is 5.28. The summed E-state index contributed by atoms with van der Waals surface area (Å²) in [6.07, 6.45) is 0. The summed E-state index contributed by atoms with van der Waals surface area (Å²) in [4.78, 5) is 13.1. The molecule has 0 unspecified atom stereocenters. The van der Waals surface area contributed by atoms with E-state index in [0.29, 0.717) is 33.7 Å². The smallest absolute Gasteiger partial charge is 0.255 e. The topological polar surface area (TPSA) is 62.4 Å². The number of thiocarbonyl (C=S) groups is 1. The third-order valence-corrected chi connectivity index (χ3v) is 5.55. The van der Waals surface area contributed by atoms with Crippen LogP contribution >= 0.6 is 23.8 Å². The van der Waals surface area contributed by atoms with Gasteiger partial charge in [-0.1, -0.05) is 54.1 Å². The van der Waals surface area contributed by atoms with Crippen LogP contribution in [-0.2, 0) is 11.4 Å². The zero-order chi connectivity index (χ0) is 22.5. The standard InChI is InChI=1S/C25H22ClN3O2S/c1-16-22(24(30)28-20-11-9-19(26)10-12-20)23(29-25(32)27-16)18-7-13-21(14-8-18)31-15-17-5-3-2-4-6-17/h2-14,23H,15H2,1H3,(H,28,30)(H2,27,29,32)/t23-/m0/s1. The van der Waals surface area contributed by atoms with Gasteiger partial charge in [0.25, 0.3) is 5.91 Å². The maximum Gasteiger partial charge on any atom is 0.255 e. The van der Waals surface area contributed by atoms with Crippen molar-refractivity contribution in [3.8, 4) is 5.75 Å². The molecule has 7 heteroatoms. The van der Waals surface area contributed by atoms with Crippen molar-refractivity contribution >= 4 is 40.5 Å². The van der Waals surface area contributed by atoms with Gasteiger partial charge in [0.05, 0.1) is 11.6 Å². The van der Waals surface area contributed by atoms with Gasteiger partial charge in [0.2, 0.25) is 0 Å². The number of allylic oxidation sites excluding steroid dienone is 1. The van der Waals surface area contributed by atoms with Gasteiger partial charge in [-0.15, -0.1) is 0 Å². The Morgan fingerprint density at radius 2 is 1.72 bits per heavy atom. The minimum atomic E-state index is -0.390. The summed E-state index contributed by atoms with van der Waals surface area (Å²) in [7, 11) is 0. The highest BCUT2D eigenvalue weighted by atomic mass is 35.5. The molecular formula is C25H22ClN3O2S. The molecule has 0 fully saturated rings. The molecule has 0 aliphatic carbocycles. The summed E-state index contributed by atoms with van der Waals surface area (Å²) >= 11 is 11.3. The van der Waals surface area contributed by atoms with Crippen LogP contribution in [0.15, 0.2) is 90.1 Å². The molecule has 0 aromatic heterocycles. The second-order valence-electron chi connectivity index (χ2n) is 7.37. The lowest BCUT2D eigenvalue weighted by molar-refractivity contribution is -0.113. The average Bonchev–Trinajstić information content (AvgIpc) is 2.79. The molecule has 5 nitrogen and oxygen atoms in total. The van der Waals surface area contributed by atoms with E-state index in [-0.39, 0.29) is 11.9 Å². The predicted octanol–water partition coefficient (Wildman–Crippen LogP) is 5.35. The Kier molecular flexibility index (Phi) is 6.73. The monoisotopic (exact) mass is 463 g/mol. The van der Waals surface area contributed by atoms with Crippen LogP contribution in [0.1, 0.15) is 24.1 Å². The fourth-order valence-corrected chi connectivity index (χ4v) is 3.87. The molecule has 162 valence electrons. The lowest BCUT2D eigenvalue weighted by Gasteiger charge is -2.30. The summed E-state index contributed by atoms with van der Waals surface area (Å²) in [5, 5.41) is 10.3. The zero-order valence-electron chi connectivity index (χ0n) is 17.4. The predicted molar refractivity (Wildman–Crippen MR) is 132 cm³/mol. The number of benzene rings is 3. The molecule has 0 saturated heterocycles. The molecule has 3 aromatic carbocycles. The van der Waals surface area contributed by atoms with Crippen LogP contribution in [0.2, 0.25) is 5.02 Å². The van der Waals surface area contributed by atoms with Gasteiger partial charge in [0, 0.05) is 16.4 Å². The van der Waals surface area contributed by atoms with Gasteiger partial charge in [-0.2, -0.15) is 0 Å². The quantitative estimate of drug-likeness (QED) is 0.430. The summed E-state index contributed by atoms with van der Waals surface area (Å²) < 4.78 is 5.88. The zero-order valence-corrected chi connectivity index (χ0v) is 19.0. The molecule has 3 N–H and O–H groups in total. The Hall–Kier alpha value is -3.35. The summed E-state index contributed by atoms with van der Waals surface area (Å²) in [5.41, 5.74) is 3.93. The number of rotatable bonds is 6. The van der Waals surface area contributed by atoms with Crippen molar-refractivity contribution in [3.05, 3.63) is 106 Å². The van der Waals surface area contributed by atoms with Crippen molar-refractivity contribution in [2.45, 2.75) is 19.6 Å². The molecule has 0 saturated carbocycles. The normalized spacial score (nSPS) is 15.6. The molecule has 0 bridgehead atoms. The molecule has 3 aromatic rings. The van der Waals surface area contributed by atoms with Crippen molar-refractivity contribution < 1.29 is 9.53 Å². The first-order valence-corrected chi connectivity index (χ1v) is 10.9. The number of ether oxygens (including phenoxy) is 1. The number of amides is 1. The Morgan fingerprint density at radius 1 is 1.03 bits per heavy atom. The average molecular weight is 464 g/mol. The van der Waals surface area contributed by atoms with Crippen LogP contribution in [-0.4, -0.2) is 11.0 Å². The van der Waals surface area contributed by atoms with Gasteiger partial charge < -0.3 is 20.7 Å². The maximum atomic E-state index is 13.1. The van der Waals surface area contributed by atoms with E-state index in [0.717, 1.165) is 16.9 Å². The molecule has 1 aliphatic rings. The summed E-state index contributed by atoms with van der Waals surface area (Å²) in [5.74, 6) is 0.531. The molecule has 0 radical (unpaired) electrons. The highest BCUT2D eigenvalue weighted by Crippen LogP contribution is 2.29. The lowest BCUT2D eigenvalue weighted by Crippen LogP contribution is -2.45. The largest absolute Gasteiger partial charge is 0.489 e. The van der Waals surface area contributed by atoms with E-state index in [1.807, 2.05) is 61.5 Å². The van der Waals surface area contributed by atoms with Gasteiger partial charge >= 0.3 is 0 Å². The van der Waals surface area contributed by atoms with E-state index < -0.39 is 0 Å². The first-order valence-electron chi connectivity index (χ1n) is 10.1. The van der Waals surface area contributed by atoms with Gasteiger partial charge in [0.15, 0.2) is 5.11 Å². The van der Waals surface area contributed by atoms with Crippen molar-refractivity contribution in [2.24, 2.45) is 0 Å². The van der Waals surface area contributed by atoms with E-state index in [1.165, 1.54) is 0 Å². The Balaban J connectivity index is 1.52. The van der Waals surface area contributed by atoms with Crippen molar-refractivity contribution in [2.75, 3.05) is 5.32 Å². The number of hydrogen-bond acceptors (Lipinski definition) is 3. The van der Waals surface area contributed by atoms with E-state index in [9.17, 15) is 4.79 Å². The van der Waals surface area contributed by atoms with E-state index in [4.69, 9.17) is 28.6 Å². The van der Waals surface area contributed by atoms with Crippen LogP contribution < -0.4 is 20.7 Å². The van der Waals surface area contributed by atoms with E-state index >= 15 is 0 Å².